The molecule has 1 unspecified atom stereocenters. The molecule has 130 valence electrons. The summed E-state index contributed by atoms with van der Waals surface area (Å²) in [5.41, 5.74) is 6.37. The van der Waals surface area contributed by atoms with Gasteiger partial charge < -0.3 is 10.6 Å². The smallest absolute Gasteiger partial charge is 0.253 e. The van der Waals surface area contributed by atoms with E-state index in [0.29, 0.717) is 18.7 Å². The van der Waals surface area contributed by atoms with Crippen molar-refractivity contribution in [3.63, 3.8) is 0 Å². The van der Waals surface area contributed by atoms with E-state index in [0.717, 1.165) is 12.8 Å². The topological polar surface area (TPSA) is 92.5 Å². The number of nitrogens with two attached hydrogens (primary N) is 1. The number of nitrogens with zero attached hydrogens (tertiary/aromatic N) is 1. The Labute approximate surface area is 143 Å². The van der Waals surface area contributed by atoms with Crippen molar-refractivity contribution < 1.29 is 13.2 Å². The van der Waals surface area contributed by atoms with Crippen LogP contribution in [0.2, 0.25) is 0 Å². The minimum atomic E-state index is -3.53. The molecule has 0 saturated carbocycles. The van der Waals surface area contributed by atoms with Gasteiger partial charge in [-0.25, -0.2) is 13.1 Å². The molecule has 1 aliphatic heterocycles. The van der Waals surface area contributed by atoms with E-state index >= 15 is 0 Å². The molecular formula is C15H24ClN3O3S. The van der Waals surface area contributed by atoms with Crippen molar-refractivity contribution in [2.45, 2.75) is 43.7 Å². The Balaban J connectivity index is 0.00000264. The van der Waals surface area contributed by atoms with Crippen LogP contribution in [0.5, 0.6) is 0 Å². The summed E-state index contributed by atoms with van der Waals surface area (Å²) in [4.78, 5) is 14.3. The summed E-state index contributed by atoms with van der Waals surface area (Å²) < 4.78 is 26.6. The van der Waals surface area contributed by atoms with Crippen LogP contribution < -0.4 is 10.5 Å². The van der Waals surface area contributed by atoms with Gasteiger partial charge in [0.15, 0.2) is 0 Å². The molecule has 8 heteroatoms. The molecule has 0 radical (unpaired) electrons. The Morgan fingerprint density at radius 1 is 1.30 bits per heavy atom. The van der Waals surface area contributed by atoms with E-state index in [2.05, 4.69) is 4.72 Å². The van der Waals surface area contributed by atoms with E-state index in [9.17, 15) is 13.2 Å². The second kappa shape index (κ2) is 8.10. The van der Waals surface area contributed by atoms with Crippen molar-refractivity contribution in [2.75, 3.05) is 13.1 Å². The molecule has 1 aromatic rings. The largest absolute Gasteiger partial charge is 0.337 e. The number of nitrogens with one attached hydrogen (secondary N) is 1. The number of hydrogen-bond acceptors (Lipinski definition) is 4. The third kappa shape index (κ3) is 5.17. The summed E-state index contributed by atoms with van der Waals surface area (Å²) in [5, 5.41) is 0. The van der Waals surface area contributed by atoms with Gasteiger partial charge in [0, 0.05) is 30.7 Å². The highest BCUT2D eigenvalue weighted by atomic mass is 35.5. The molecule has 3 N–H and O–H groups in total. The maximum atomic E-state index is 12.4. The van der Waals surface area contributed by atoms with Gasteiger partial charge in [-0.3, -0.25) is 4.79 Å². The fraction of sp³-hybridized carbons (Fsp3) is 0.533. The molecule has 1 atom stereocenters. The highest BCUT2D eigenvalue weighted by molar-refractivity contribution is 7.89. The van der Waals surface area contributed by atoms with Gasteiger partial charge in [-0.1, -0.05) is 0 Å². The molecule has 1 aliphatic rings. The standard InChI is InChI=1S/C15H23N3O3S.ClH/c1-11(2)17-22(20,21)14-7-5-12(6-8-14)15(19)18-9-3-4-13(16)10-18;/h5-8,11,13,17H,3-4,9-10,16H2,1-2H3;1H. The van der Waals surface area contributed by atoms with Crippen LogP contribution in [0.3, 0.4) is 0 Å². The Morgan fingerprint density at radius 3 is 2.43 bits per heavy atom. The van der Waals surface area contributed by atoms with Crippen LogP contribution in [0.15, 0.2) is 29.2 Å². The number of amides is 1. The molecule has 0 aromatic heterocycles. The molecule has 1 aromatic carbocycles. The number of carbonyl (C=O) groups is 1. The third-order valence-corrected chi connectivity index (χ3v) is 5.22. The van der Waals surface area contributed by atoms with Crippen LogP contribution in [-0.4, -0.2) is 44.4 Å². The van der Waals surface area contributed by atoms with Gasteiger partial charge in [0.2, 0.25) is 10.0 Å². The van der Waals surface area contributed by atoms with Crippen LogP contribution in [-0.2, 0) is 10.0 Å². The average molecular weight is 362 g/mol. The lowest BCUT2D eigenvalue weighted by atomic mass is 10.1. The normalized spacial score (nSPS) is 18.6. The van der Waals surface area contributed by atoms with Crippen LogP contribution in [0.4, 0.5) is 0 Å². The second-order valence-corrected chi connectivity index (χ2v) is 7.67. The maximum absolute atomic E-state index is 12.4. The minimum absolute atomic E-state index is 0. The quantitative estimate of drug-likeness (QED) is 0.846. The molecule has 1 amide bonds. The SMILES string of the molecule is CC(C)NS(=O)(=O)c1ccc(C(=O)N2CCCC(N)C2)cc1.Cl. The summed E-state index contributed by atoms with van der Waals surface area (Å²) in [5.74, 6) is -0.101. The zero-order valence-corrected chi connectivity index (χ0v) is 15.0. The van der Waals surface area contributed by atoms with E-state index in [-0.39, 0.29) is 35.3 Å². The maximum Gasteiger partial charge on any atom is 0.253 e. The lowest BCUT2D eigenvalue weighted by Gasteiger charge is -2.30. The summed E-state index contributed by atoms with van der Waals surface area (Å²) in [6.07, 6.45) is 1.83. The van der Waals surface area contributed by atoms with Crippen LogP contribution in [0.1, 0.15) is 37.0 Å². The van der Waals surface area contributed by atoms with Crippen LogP contribution >= 0.6 is 12.4 Å². The molecule has 2 rings (SSSR count). The van der Waals surface area contributed by atoms with Crippen LogP contribution in [0, 0.1) is 0 Å². The lowest BCUT2D eigenvalue weighted by molar-refractivity contribution is 0.0708. The Bertz CT molecular complexity index is 632. The number of carbonyl (C=O) groups excluding carboxylic acids is 1. The van der Waals surface area contributed by atoms with Gasteiger partial charge in [-0.2, -0.15) is 0 Å². The summed E-state index contributed by atoms with van der Waals surface area (Å²) in [6.45, 7) is 4.76. The monoisotopic (exact) mass is 361 g/mol. The molecule has 23 heavy (non-hydrogen) atoms. The molecule has 1 heterocycles. The van der Waals surface area contributed by atoms with Gasteiger partial charge in [0.25, 0.3) is 5.91 Å². The molecule has 0 bridgehead atoms. The first-order valence-corrected chi connectivity index (χ1v) is 8.95. The number of benzene rings is 1. The number of halogens is 1. The number of likely N-dealkylation sites (tertiary alicyclic amines) is 1. The molecular weight excluding hydrogens is 338 g/mol. The number of piperidine rings is 1. The number of sulfonamides is 1. The highest BCUT2D eigenvalue weighted by Crippen LogP contribution is 2.15. The summed E-state index contributed by atoms with van der Waals surface area (Å²) in [6, 6.07) is 5.87. The average Bonchev–Trinajstić information content (AvgIpc) is 2.45. The van der Waals surface area contributed by atoms with Gasteiger partial charge in [-0.15, -0.1) is 12.4 Å². The third-order valence-electron chi connectivity index (χ3n) is 3.55. The van der Waals surface area contributed by atoms with Crippen molar-refractivity contribution in [2.24, 2.45) is 5.73 Å². The number of hydrogen-bond donors (Lipinski definition) is 2. The Hall–Kier alpha value is -1.15. The van der Waals surface area contributed by atoms with E-state index in [4.69, 9.17) is 5.73 Å². The van der Waals surface area contributed by atoms with E-state index in [1.54, 1.807) is 30.9 Å². The Morgan fingerprint density at radius 2 is 1.91 bits per heavy atom. The van der Waals surface area contributed by atoms with Gasteiger partial charge in [-0.05, 0) is 51.0 Å². The molecule has 6 nitrogen and oxygen atoms in total. The molecule has 1 fully saturated rings. The van der Waals surface area contributed by atoms with Crippen molar-refractivity contribution in [1.82, 2.24) is 9.62 Å². The first-order chi connectivity index (χ1) is 10.3. The predicted molar refractivity (Wildman–Crippen MR) is 92.3 cm³/mol. The zero-order chi connectivity index (χ0) is 16.3. The van der Waals surface area contributed by atoms with Crippen molar-refractivity contribution >= 4 is 28.3 Å². The first kappa shape index (κ1) is 19.9. The first-order valence-electron chi connectivity index (χ1n) is 7.47. The van der Waals surface area contributed by atoms with E-state index in [1.165, 1.54) is 12.1 Å². The molecule has 1 saturated heterocycles. The number of rotatable bonds is 4. The van der Waals surface area contributed by atoms with Gasteiger partial charge in [0.05, 0.1) is 4.90 Å². The fourth-order valence-electron chi connectivity index (χ4n) is 2.53. The van der Waals surface area contributed by atoms with Crippen molar-refractivity contribution in [1.29, 1.82) is 0 Å². The van der Waals surface area contributed by atoms with Crippen molar-refractivity contribution in [3.8, 4) is 0 Å². The highest BCUT2D eigenvalue weighted by Gasteiger charge is 2.23. The van der Waals surface area contributed by atoms with E-state index in [1.807, 2.05) is 0 Å². The van der Waals surface area contributed by atoms with Gasteiger partial charge in [0.1, 0.15) is 0 Å². The molecule has 0 aliphatic carbocycles. The summed E-state index contributed by atoms with van der Waals surface area (Å²) >= 11 is 0. The minimum Gasteiger partial charge on any atom is -0.337 e. The lowest BCUT2D eigenvalue weighted by Crippen LogP contribution is -2.45. The van der Waals surface area contributed by atoms with Gasteiger partial charge >= 0.3 is 0 Å². The summed E-state index contributed by atoms with van der Waals surface area (Å²) in [7, 11) is -3.53. The fourth-order valence-corrected chi connectivity index (χ4v) is 3.78. The predicted octanol–water partition coefficient (Wildman–Crippen LogP) is 1.36. The second-order valence-electron chi connectivity index (χ2n) is 5.95. The Kier molecular flexibility index (Phi) is 7.01. The molecule has 0 spiro atoms. The van der Waals surface area contributed by atoms with E-state index < -0.39 is 10.0 Å². The zero-order valence-electron chi connectivity index (χ0n) is 13.4. The van der Waals surface area contributed by atoms with Crippen molar-refractivity contribution in [3.05, 3.63) is 29.8 Å². The van der Waals surface area contributed by atoms with Crippen LogP contribution in [0.25, 0.3) is 0 Å².